The average Bonchev–Trinajstić information content (AvgIpc) is 2.99. The monoisotopic (exact) mass is 291 g/mol. The van der Waals surface area contributed by atoms with Crippen LogP contribution in [0.1, 0.15) is 11.9 Å². The number of ether oxygens (including phenoxy) is 1. The quantitative estimate of drug-likeness (QED) is 0.466. The molecule has 0 amide bonds. The summed E-state index contributed by atoms with van der Waals surface area (Å²) >= 11 is 0. The summed E-state index contributed by atoms with van der Waals surface area (Å²) in [5, 5.41) is 33.5. The summed E-state index contributed by atoms with van der Waals surface area (Å²) in [5.74, 6) is 2.52. The lowest BCUT2D eigenvalue weighted by Gasteiger charge is -2.15. The van der Waals surface area contributed by atoms with Gasteiger partial charge >= 0.3 is 0 Å². The molecular weight excluding hydrogens is 278 g/mol. The molecule has 0 unspecified atom stereocenters. The molecule has 0 aliphatic carbocycles. The second kappa shape index (κ2) is 4.94. The summed E-state index contributed by atoms with van der Waals surface area (Å²) in [6.45, 7) is -0.437. The Balaban J connectivity index is 2.14. The Labute approximate surface area is 119 Å². The smallest absolute Gasteiger partial charge is 0.181 e. The molecule has 0 bridgehead atoms. The van der Waals surface area contributed by atoms with Gasteiger partial charge in [-0.3, -0.25) is 0 Å². The van der Waals surface area contributed by atoms with E-state index in [0.29, 0.717) is 5.39 Å². The summed E-state index contributed by atoms with van der Waals surface area (Å²) in [4.78, 5) is 7.89. The predicted molar refractivity (Wildman–Crippen MR) is 70.7 cm³/mol. The van der Waals surface area contributed by atoms with E-state index in [9.17, 15) is 10.2 Å². The van der Waals surface area contributed by atoms with E-state index in [1.807, 2.05) is 0 Å². The fourth-order valence-corrected chi connectivity index (χ4v) is 2.36. The maximum absolute atomic E-state index is 10.0. The Kier molecular flexibility index (Phi) is 3.23. The van der Waals surface area contributed by atoms with Gasteiger partial charge in [0.1, 0.15) is 36.2 Å². The lowest BCUT2D eigenvalue weighted by atomic mass is 10.1. The summed E-state index contributed by atoms with van der Waals surface area (Å²) in [7, 11) is 0. The molecule has 9 heteroatoms. The number of aliphatic hydroxyl groups excluding tert-OH is 3. The average molecular weight is 291 g/mol. The Morgan fingerprint density at radius 3 is 2.76 bits per heavy atom. The molecule has 1 aliphatic heterocycles. The minimum absolute atomic E-state index is 0.158. The van der Waals surface area contributed by atoms with Crippen molar-refractivity contribution in [2.45, 2.75) is 24.5 Å². The van der Waals surface area contributed by atoms with Crippen molar-refractivity contribution in [3.8, 4) is 12.3 Å². The van der Waals surface area contributed by atoms with Gasteiger partial charge in [0.05, 0.1) is 12.0 Å². The van der Waals surface area contributed by atoms with Crippen LogP contribution in [0.4, 0.5) is 5.82 Å². The molecule has 9 nitrogen and oxygen atoms in total. The number of anilines is 1. The van der Waals surface area contributed by atoms with Crippen LogP contribution in [0.3, 0.4) is 0 Å². The van der Waals surface area contributed by atoms with Crippen LogP contribution < -0.4 is 5.73 Å². The molecule has 5 N–H and O–H groups in total. The molecule has 1 fully saturated rings. The van der Waals surface area contributed by atoms with Crippen molar-refractivity contribution in [1.82, 2.24) is 19.7 Å². The molecule has 0 spiro atoms. The van der Waals surface area contributed by atoms with Gasteiger partial charge in [-0.15, -0.1) is 6.42 Å². The normalized spacial score (nSPS) is 28.9. The van der Waals surface area contributed by atoms with Crippen molar-refractivity contribution in [2.24, 2.45) is 0 Å². The molecule has 2 aromatic rings. The molecule has 110 valence electrons. The third-order valence-corrected chi connectivity index (χ3v) is 3.41. The topological polar surface area (TPSA) is 140 Å². The highest BCUT2D eigenvalue weighted by Crippen LogP contribution is 2.32. The van der Waals surface area contributed by atoms with Crippen LogP contribution in [0.25, 0.3) is 11.0 Å². The maximum Gasteiger partial charge on any atom is 0.181 e. The Morgan fingerprint density at radius 1 is 1.38 bits per heavy atom. The van der Waals surface area contributed by atoms with Crippen LogP contribution in [-0.2, 0) is 4.74 Å². The summed E-state index contributed by atoms with van der Waals surface area (Å²) < 4.78 is 6.65. The van der Waals surface area contributed by atoms with Crippen molar-refractivity contribution in [2.75, 3.05) is 12.3 Å². The molecule has 3 rings (SSSR count). The number of aliphatic hydroxyl groups is 3. The lowest BCUT2D eigenvalue weighted by molar-refractivity contribution is -0.0567. The number of aromatic nitrogens is 4. The van der Waals surface area contributed by atoms with Crippen LogP contribution in [0.2, 0.25) is 0 Å². The zero-order valence-electron chi connectivity index (χ0n) is 10.8. The number of nitrogen functional groups attached to an aromatic ring is 1. The zero-order valence-corrected chi connectivity index (χ0v) is 10.8. The molecule has 0 radical (unpaired) electrons. The summed E-state index contributed by atoms with van der Waals surface area (Å²) in [6, 6.07) is 0. The molecule has 4 atom stereocenters. The van der Waals surface area contributed by atoms with E-state index < -0.39 is 31.1 Å². The number of hydrogen-bond acceptors (Lipinski definition) is 8. The molecule has 21 heavy (non-hydrogen) atoms. The van der Waals surface area contributed by atoms with Crippen molar-refractivity contribution < 1.29 is 20.1 Å². The number of fused-ring (bicyclic) bond motifs is 1. The highest BCUT2D eigenvalue weighted by Gasteiger charge is 2.44. The van der Waals surface area contributed by atoms with Gasteiger partial charge in [0.15, 0.2) is 11.9 Å². The van der Waals surface area contributed by atoms with Crippen molar-refractivity contribution in [1.29, 1.82) is 0 Å². The molecule has 1 aliphatic rings. The van der Waals surface area contributed by atoms with E-state index in [-0.39, 0.29) is 17.2 Å². The number of rotatable bonds is 2. The van der Waals surface area contributed by atoms with Gasteiger partial charge in [0.25, 0.3) is 0 Å². The largest absolute Gasteiger partial charge is 0.394 e. The highest BCUT2D eigenvalue weighted by atomic mass is 16.6. The van der Waals surface area contributed by atoms with E-state index in [2.05, 4.69) is 21.0 Å². The van der Waals surface area contributed by atoms with Crippen molar-refractivity contribution in [3.63, 3.8) is 0 Å². The van der Waals surface area contributed by atoms with Crippen molar-refractivity contribution >= 4 is 16.9 Å². The van der Waals surface area contributed by atoms with Crippen LogP contribution in [0.5, 0.6) is 0 Å². The minimum Gasteiger partial charge on any atom is -0.394 e. The number of terminal acetylenes is 1. The zero-order chi connectivity index (χ0) is 15.1. The van der Waals surface area contributed by atoms with E-state index in [1.165, 1.54) is 11.0 Å². The first-order chi connectivity index (χ1) is 10.1. The van der Waals surface area contributed by atoms with Gasteiger partial charge in [-0.2, -0.15) is 5.10 Å². The van der Waals surface area contributed by atoms with Gasteiger partial charge in [-0.25, -0.2) is 14.6 Å². The minimum atomic E-state index is -1.29. The highest BCUT2D eigenvalue weighted by molar-refractivity contribution is 5.90. The van der Waals surface area contributed by atoms with Gasteiger partial charge in [0, 0.05) is 0 Å². The van der Waals surface area contributed by atoms with E-state index in [1.54, 1.807) is 0 Å². The maximum atomic E-state index is 10.0. The Bertz CT molecular complexity index is 724. The van der Waals surface area contributed by atoms with Gasteiger partial charge in [-0.1, -0.05) is 0 Å². The van der Waals surface area contributed by atoms with E-state index in [4.69, 9.17) is 22.0 Å². The Morgan fingerprint density at radius 2 is 2.14 bits per heavy atom. The standard InChI is InChI=1S/C12H13N5O4/c1-2-5-7-10(13)14-4-15-11(7)17(16-5)12-9(20)8(19)6(3-18)21-12/h1,4,6,8-9,12,18-20H,3H2,(H2,13,14,15)/t6-,8-,9-,12-/m1/s1. The molecule has 0 aromatic carbocycles. The lowest BCUT2D eigenvalue weighted by Crippen LogP contribution is -2.33. The van der Waals surface area contributed by atoms with Crippen LogP contribution >= 0.6 is 0 Å². The van der Waals surface area contributed by atoms with Crippen LogP contribution in [0, 0.1) is 12.3 Å². The first-order valence-electron chi connectivity index (χ1n) is 6.16. The molecule has 2 aromatic heterocycles. The number of nitrogens with zero attached hydrogens (tertiary/aromatic N) is 4. The summed E-state index contributed by atoms with van der Waals surface area (Å²) in [6.07, 6.45) is 2.14. The number of hydrogen-bond donors (Lipinski definition) is 4. The number of nitrogens with two attached hydrogens (primary N) is 1. The predicted octanol–water partition coefficient (Wildman–Crippen LogP) is -2.00. The third-order valence-electron chi connectivity index (χ3n) is 3.41. The fraction of sp³-hybridized carbons (Fsp3) is 0.417. The van der Waals surface area contributed by atoms with Crippen molar-refractivity contribution in [3.05, 3.63) is 12.0 Å². The van der Waals surface area contributed by atoms with E-state index >= 15 is 0 Å². The first-order valence-corrected chi connectivity index (χ1v) is 6.16. The summed E-state index contributed by atoms with van der Waals surface area (Å²) in [5.41, 5.74) is 6.26. The second-order valence-electron chi connectivity index (χ2n) is 4.62. The first kappa shape index (κ1) is 13.7. The van der Waals surface area contributed by atoms with E-state index in [0.717, 1.165) is 0 Å². The van der Waals surface area contributed by atoms with Gasteiger partial charge in [-0.05, 0) is 5.92 Å². The van der Waals surface area contributed by atoms with Gasteiger partial charge in [0.2, 0.25) is 0 Å². The second-order valence-corrected chi connectivity index (χ2v) is 4.62. The Hall–Kier alpha value is -2.25. The van der Waals surface area contributed by atoms with Crippen LogP contribution in [-0.4, -0.2) is 60.0 Å². The molecular formula is C12H13N5O4. The fourth-order valence-electron chi connectivity index (χ4n) is 2.36. The molecule has 3 heterocycles. The molecule has 1 saturated heterocycles. The third kappa shape index (κ3) is 1.93. The molecule has 0 saturated carbocycles. The SMILES string of the molecule is C#Cc1nn([C@@H]2O[C@H](CO)[C@@H](O)[C@H]2O)c2ncnc(N)c12. The van der Waals surface area contributed by atoms with Gasteiger partial charge < -0.3 is 25.8 Å². The van der Waals surface area contributed by atoms with Crippen LogP contribution in [0.15, 0.2) is 6.33 Å².